The van der Waals surface area contributed by atoms with E-state index in [1.807, 2.05) is 0 Å². The van der Waals surface area contributed by atoms with Gasteiger partial charge in [-0.2, -0.15) is 4.31 Å². The zero-order valence-corrected chi connectivity index (χ0v) is 19.9. The van der Waals surface area contributed by atoms with Gasteiger partial charge in [0.15, 0.2) is 0 Å². The summed E-state index contributed by atoms with van der Waals surface area (Å²) in [6.07, 6.45) is 7.31. The Balaban J connectivity index is 2.05. The number of amides is 2. The van der Waals surface area contributed by atoms with Gasteiger partial charge in [-0.25, -0.2) is 8.42 Å². The van der Waals surface area contributed by atoms with Crippen molar-refractivity contribution < 1.29 is 22.7 Å². The molecule has 1 N–H and O–H groups in total. The molecule has 31 heavy (non-hydrogen) atoms. The Labute approximate surface area is 191 Å². The minimum absolute atomic E-state index is 0.0553. The van der Waals surface area contributed by atoms with Crippen LogP contribution in [0.15, 0.2) is 27.6 Å². The molecule has 2 aliphatic heterocycles. The summed E-state index contributed by atoms with van der Waals surface area (Å²) in [7, 11) is -2.43. The van der Waals surface area contributed by atoms with E-state index in [1.165, 1.54) is 29.4 Å². The van der Waals surface area contributed by atoms with Crippen molar-refractivity contribution in [1.82, 2.24) is 9.21 Å². The smallest absolute Gasteiger partial charge is 0.244 e. The van der Waals surface area contributed by atoms with Crippen molar-refractivity contribution >= 4 is 43.5 Å². The minimum atomic E-state index is -4.00. The van der Waals surface area contributed by atoms with E-state index in [0.717, 1.165) is 6.42 Å². The number of nitrogens with zero attached hydrogens (tertiary/aromatic N) is 2. The molecule has 2 amide bonds. The van der Waals surface area contributed by atoms with Crippen LogP contribution in [-0.2, 0) is 24.3 Å². The highest BCUT2D eigenvalue weighted by Crippen LogP contribution is 2.38. The van der Waals surface area contributed by atoms with Gasteiger partial charge in [0.2, 0.25) is 21.8 Å². The second-order valence-electron chi connectivity index (χ2n) is 7.81. The third-order valence-electron chi connectivity index (χ3n) is 5.70. The monoisotopic (exact) mass is 511 g/mol. The lowest BCUT2D eigenvalue weighted by molar-refractivity contribution is -0.134. The number of sulfonamides is 1. The van der Waals surface area contributed by atoms with Gasteiger partial charge < -0.3 is 15.0 Å². The molecule has 8 nitrogen and oxygen atoms in total. The Morgan fingerprint density at radius 2 is 2.13 bits per heavy atom. The summed E-state index contributed by atoms with van der Waals surface area (Å²) in [6, 6.07) is 3.26. The lowest BCUT2D eigenvalue weighted by Gasteiger charge is -2.40. The highest BCUT2D eigenvalue weighted by molar-refractivity contribution is 9.10. The second kappa shape index (κ2) is 9.69. The van der Waals surface area contributed by atoms with Gasteiger partial charge in [0.25, 0.3) is 0 Å². The largest absolute Gasteiger partial charge is 0.384 e. The lowest BCUT2D eigenvalue weighted by Crippen LogP contribution is -2.55. The molecule has 0 aliphatic carbocycles. The van der Waals surface area contributed by atoms with Crippen LogP contribution in [0.3, 0.4) is 0 Å². The van der Waals surface area contributed by atoms with E-state index in [2.05, 4.69) is 27.2 Å². The molecular formula is C21H26BrN3O5S. The molecule has 168 valence electrons. The summed E-state index contributed by atoms with van der Waals surface area (Å²) in [5.41, 5.74) is 0.469. The normalized spacial score (nSPS) is 24.4. The Kier molecular flexibility index (Phi) is 7.42. The van der Waals surface area contributed by atoms with Gasteiger partial charge in [-0.15, -0.1) is 6.42 Å². The third kappa shape index (κ3) is 4.80. The highest BCUT2D eigenvalue weighted by Gasteiger charge is 2.50. The third-order valence-corrected chi connectivity index (χ3v) is 8.28. The molecular weight excluding hydrogens is 486 g/mol. The summed E-state index contributed by atoms with van der Waals surface area (Å²) in [6.45, 7) is 2.18. The molecule has 2 bridgehead atoms. The lowest BCUT2D eigenvalue weighted by atomic mass is 9.91. The van der Waals surface area contributed by atoms with Gasteiger partial charge in [-0.05, 0) is 53.4 Å². The highest BCUT2D eigenvalue weighted by atomic mass is 79.9. The number of anilines is 1. The number of terminal acetylenes is 1. The maximum absolute atomic E-state index is 13.8. The molecule has 3 atom stereocenters. The number of hydrogen-bond acceptors (Lipinski definition) is 5. The summed E-state index contributed by atoms with van der Waals surface area (Å²) in [4.78, 5) is 26.2. The number of carbonyl (C=O) groups is 2. The molecule has 0 unspecified atom stereocenters. The Hall–Kier alpha value is -1.93. The molecule has 10 heteroatoms. The Morgan fingerprint density at radius 1 is 1.39 bits per heavy atom. The van der Waals surface area contributed by atoms with E-state index in [1.54, 1.807) is 12.0 Å². The van der Waals surface area contributed by atoms with Gasteiger partial charge in [-0.3, -0.25) is 9.59 Å². The van der Waals surface area contributed by atoms with Crippen LogP contribution in [0.5, 0.6) is 0 Å². The van der Waals surface area contributed by atoms with Crippen LogP contribution in [0.2, 0.25) is 0 Å². The van der Waals surface area contributed by atoms with Crippen LogP contribution in [0.1, 0.15) is 26.2 Å². The first-order chi connectivity index (χ1) is 14.7. The zero-order chi connectivity index (χ0) is 22.8. The number of benzene rings is 1. The minimum Gasteiger partial charge on any atom is -0.384 e. The first kappa shape index (κ1) is 23.7. The molecule has 2 fully saturated rings. The van der Waals surface area contributed by atoms with Crippen molar-refractivity contribution in [3.8, 4) is 12.3 Å². The number of carbonyl (C=O) groups excluding carboxylic acids is 2. The zero-order valence-electron chi connectivity index (χ0n) is 17.5. The Bertz CT molecular complexity index is 1010. The SMILES string of the molecule is C#CCN1C[C@H](COC)[C@H]2CCC[C@@H](C1=O)N2S(=O)(=O)c1ccc(NC(C)=O)c(Br)c1. The van der Waals surface area contributed by atoms with Crippen LogP contribution < -0.4 is 5.32 Å². The van der Waals surface area contributed by atoms with Crippen molar-refractivity contribution in [3.05, 3.63) is 22.7 Å². The number of hydrogen-bond donors (Lipinski definition) is 1. The standard InChI is InChI=1S/C21H26BrN3O5S/c1-4-10-24-12-15(13-30-3)19-6-5-7-20(21(24)27)25(19)31(28,29)16-8-9-18(17(22)11-16)23-14(2)26/h1,8-9,11,15,19-20H,5-7,10,12-13H2,2-3H3,(H,23,26)/t15-,19-,20+/m1/s1. The summed E-state index contributed by atoms with van der Waals surface area (Å²) in [5, 5.41) is 2.64. The number of piperidine rings is 1. The predicted octanol–water partition coefficient (Wildman–Crippen LogP) is 2.06. The van der Waals surface area contributed by atoms with Gasteiger partial charge in [0.05, 0.1) is 23.7 Å². The fourth-order valence-electron chi connectivity index (χ4n) is 4.43. The summed E-state index contributed by atoms with van der Waals surface area (Å²) < 4.78 is 34.7. The second-order valence-corrected chi connectivity index (χ2v) is 10.5. The number of fused-ring (bicyclic) bond motifs is 2. The first-order valence-electron chi connectivity index (χ1n) is 10.0. The molecule has 3 rings (SSSR count). The van der Waals surface area contributed by atoms with Crippen LogP contribution >= 0.6 is 15.9 Å². The molecule has 1 aromatic rings. The summed E-state index contributed by atoms with van der Waals surface area (Å²) >= 11 is 3.33. The quantitative estimate of drug-likeness (QED) is 0.589. The van der Waals surface area contributed by atoms with Crippen molar-refractivity contribution in [2.75, 3.05) is 32.1 Å². The van der Waals surface area contributed by atoms with Crippen molar-refractivity contribution in [3.63, 3.8) is 0 Å². The average Bonchev–Trinajstić information content (AvgIpc) is 2.78. The maximum Gasteiger partial charge on any atom is 0.244 e. The Morgan fingerprint density at radius 3 is 2.74 bits per heavy atom. The van der Waals surface area contributed by atoms with E-state index in [0.29, 0.717) is 36.2 Å². The van der Waals surface area contributed by atoms with Crippen LogP contribution in [0.25, 0.3) is 0 Å². The number of rotatable bonds is 6. The van der Waals surface area contributed by atoms with E-state index in [4.69, 9.17) is 11.2 Å². The number of halogens is 1. The van der Waals surface area contributed by atoms with Gasteiger partial charge in [0, 0.05) is 37.0 Å². The number of nitrogens with one attached hydrogen (secondary N) is 1. The maximum atomic E-state index is 13.8. The predicted molar refractivity (Wildman–Crippen MR) is 120 cm³/mol. The topological polar surface area (TPSA) is 96.0 Å². The van der Waals surface area contributed by atoms with Crippen molar-refractivity contribution in [1.29, 1.82) is 0 Å². The van der Waals surface area contributed by atoms with E-state index >= 15 is 0 Å². The van der Waals surface area contributed by atoms with Crippen LogP contribution in [0, 0.1) is 18.3 Å². The van der Waals surface area contributed by atoms with E-state index < -0.39 is 16.1 Å². The molecule has 0 spiro atoms. The van der Waals surface area contributed by atoms with Crippen LogP contribution in [-0.4, -0.2) is 68.3 Å². The van der Waals surface area contributed by atoms with Crippen molar-refractivity contribution in [2.24, 2.45) is 5.92 Å². The van der Waals surface area contributed by atoms with Crippen molar-refractivity contribution in [2.45, 2.75) is 43.2 Å². The van der Waals surface area contributed by atoms with Crippen LogP contribution in [0.4, 0.5) is 5.69 Å². The average molecular weight is 512 g/mol. The molecule has 0 radical (unpaired) electrons. The van der Waals surface area contributed by atoms with Gasteiger partial charge in [-0.1, -0.05) is 5.92 Å². The fourth-order valence-corrected chi connectivity index (χ4v) is 6.98. The number of methoxy groups -OCH3 is 1. The summed E-state index contributed by atoms with van der Waals surface area (Å²) in [5.74, 6) is 1.79. The number of ether oxygens (including phenoxy) is 1. The van der Waals surface area contributed by atoms with E-state index in [-0.39, 0.29) is 35.2 Å². The first-order valence-corrected chi connectivity index (χ1v) is 12.3. The van der Waals surface area contributed by atoms with E-state index in [9.17, 15) is 18.0 Å². The molecule has 0 saturated carbocycles. The van der Waals surface area contributed by atoms with Gasteiger partial charge in [0.1, 0.15) is 6.04 Å². The molecule has 2 heterocycles. The molecule has 2 saturated heterocycles. The van der Waals surface area contributed by atoms with Gasteiger partial charge >= 0.3 is 0 Å². The molecule has 2 aliphatic rings. The molecule has 1 aromatic carbocycles. The fraction of sp³-hybridized carbons (Fsp3) is 0.524. The molecule has 0 aromatic heterocycles.